The highest BCUT2D eigenvalue weighted by atomic mass is 79.9. The SMILES string of the molecule is CCC(CNC(C)(C)C)Cc1cc(Br)cc2c1OCC2. The molecule has 1 aromatic carbocycles. The van der Waals surface area contributed by atoms with Gasteiger partial charge >= 0.3 is 0 Å². The molecule has 1 atom stereocenters. The first kappa shape index (κ1) is 15.8. The molecule has 3 heteroatoms. The summed E-state index contributed by atoms with van der Waals surface area (Å²) in [6, 6.07) is 4.42. The van der Waals surface area contributed by atoms with Crippen LogP contribution in [0.1, 0.15) is 45.2 Å². The van der Waals surface area contributed by atoms with Gasteiger partial charge in [0.25, 0.3) is 0 Å². The summed E-state index contributed by atoms with van der Waals surface area (Å²) in [4.78, 5) is 0. The Balaban J connectivity index is 2.08. The van der Waals surface area contributed by atoms with Gasteiger partial charge in [-0.3, -0.25) is 0 Å². The van der Waals surface area contributed by atoms with Gasteiger partial charge in [-0.05, 0) is 62.9 Å². The first-order chi connectivity index (χ1) is 9.39. The highest BCUT2D eigenvalue weighted by Gasteiger charge is 2.20. The van der Waals surface area contributed by atoms with Crippen LogP contribution >= 0.6 is 15.9 Å². The van der Waals surface area contributed by atoms with E-state index in [1.54, 1.807) is 0 Å². The van der Waals surface area contributed by atoms with Crippen molar-refractivity contribution in [3.63, 3.8) is 0 Å². The Morgan fingerprint density at radius 3 is 2.75 bits per heavy atom. The minimum atomic E-state index is 0.184. The van der Waals surface area contributed by atoms with E-state index in [0.717, 1.165) is 31.7 Å². The second kappa shape index (κ2) is 6.48. The summed E-state index contributed by atoms with van der Waals surface area (Å²) in [6.45, 7) is 10.8. The van der Waals surface area contributed by atoms with Crippen molar-refractivity contribution in [2.24, 2.45) is 5.92 Å². The molecule has 1 N–H and O–H groups in total. The molecule has 1 aromatic rings. The summed E-state index contributed by atoms with van der Waals surface area (Å²) < 4.78 is 7.01. The lowest BCUT2D eigenvalue weighted by Gasteiger charge is -2.25. The van der Waals surface area contributed by atoms with Gasteiger partial charge in [-0.25, -0.2) is 0 Å². The summed E-state index contributed by atoms with van der Waals surface area (Å²) in [5.41, 5.74) is 2.89. The van der Waals surface area contributed by atoms with Crippen LogP contribution in [0.25, 0.3) is 0 Å². The molecule has 1 aliphatic heterocycles. The van der Waals surface area contributed by atoms with Crippen LogP contribution in [0, 0.1) is 5.92 Å². The van der Waals surface area contributed by atoms with Crippen LogP contribution in [-0.4, -0.2) is 18.7 Å². The summed E-state index contributed by atoms with van der Waals surface area (Å²) in [5, 5.41) is 3.62. The van der Waals surface area contributed by atoms with Crippen LogP contribution in [0.15, 0.2) is 16.6 Å². The third kappa shape index (κ3) is 4.23. The van der Waals surface area contributed by atoms with Crippen molar-refractivity contribution in [2.75, 3.05) is 13.2 Å². The van der Waals surface area contributed by atoms with Gasteiger partial charge in [0.05, 0.1) is 6.61 Å². The molecule has 1 unspecified atom stereocenters. The molecular weight excluding hydrogens is 314 g/mol. The maximum Gasteiger partial charge on any atom is 0.125 e. The molecule has 0 spiro atoms. The first-order valence-electron chi connectivity index (χ1n) is 7.58. The average molecular weight is 340 g/mol. The number of benzene rings is 1. The quantitative estimate of drug-likeness (QED) is 0.861. The minimum absolute atomic E-state index is 0.184. The standard InChI is InChI=1S/C17H26BrNO/c1-5-12(11-19-17(2,3)4)8-14-10-15(18)9-13-6-7-20-16(13)14/h9-10,12,19H,5-8,11H2,1-4H3. The van der Waals surface area contributed by atoms with E-state index in [1.165, 1.54) is 22.0 Å². The van der Waals surface area contributed by atoms with Crippen molar-refractivity contribution >= 4 is 15.9 Å². The Hall–Kier alpha value is -0.540. The van der Waals surface area contributed by atoms with Crippen molar-refractivity contribution < 1.29 is 4.74 Å². The summed E-state index contributed by atoms with van der Waals surface area (Å²) in [7, 11) is 0. The van der Waals surface area contributed by atoms with E-state index < -0.39 is 0 Å². The smallest absolute Gasteiger partial charge is 0.125 e. The molecule has 0 aliphatic carbocycles. The molecule has 1 heterocycles. The van der Waals surface area contributed by atoms with E-state index in [9.17, 15) is 0 Å². The number of hydrogen-bond donors (Lipinski definition) is 1. The molecule has 0 amide bonds. The molecule has 0 saturated heterocycles. The third-order valence-corrected chi connectivity index (χ3v) is 4.29. The molecular formula is C17H26BrNO. The van der Waals surface area contributed by atoms with Crippen LogP contribution in [0.4, 0.5) is 0 Å². The Morgan fingerprint density at radius 2 is 2.10 bits per heavy atom. The maximum absolute atomic E-state index is 5.83. The minimum Gasteiger partial charge on any atom is -0.493 e. The predicted molar refractivity (Wildman–Crippen MR) is 88.6 cm³/mol. The van der Waals surface area contributed by atoms with Crippen LogP contribution in [0.3, 0.4) is 0 Å². The Labute approximate surface area is 131 Å². The Bertz CT molecular complexity index is 465. The van der Waals surface area contributed by atoms with E-state index >= 15 is 0 Å². The fourth-order valence-corrected chi connectivity index (χ4v) is 3.17. The Kier molecular flexibility index (Phi) is 5.14. The van der Waals surface area contributed by atoms with Gasteiger partial charge in [-0.2, -0.15) is 0 Å². The number of hydrogen-bond acceptors (Lipinski definition) is 2. The molecule has 20 heavy (non-hydrogen) atoms. The lowest BCUT2D eigenvalue weighted by atomic mass is 9.94. The van der Waals surface area contributed by atoms with Crippen LogP contribution < -0.4 is 10.1 Å². The van der Waals surface area contributed by atoms with Crippen LogP contribution in [0.2, 0.25) is 0 Å². The molecule has 0 fully saturated rings. The molecule has 0 bridgehead atoms. The van der Waals surface area contributed by atoms with Crippen LogP contribution in [0.5, 0.6) is 5.75 Å². The molecule has 2 nitrogen and oxygen atoms in total. The van der Waals surface area contributed by atoms with E-state index in [4.69, 9.17) is 4.74 Å². The monoisotopic (exact) mass is 339 g/mol. The second-order valence-electron chi connectivity index (χ2n) is 6.76. The lowest BCUT2D eigenvalue weighted by Crippen LogP contribution is -2.39. The normalized spacial score (nSPS) is 15.8. The van der Waals surface area contributed by atoms with Gasteiger partial charge in [-0.1, -0.05) is 29.3 Å². The second-order valence-corrected chi connectivity index (χ2v) is 7.68. The van der Waals surface area contributed by atoms with Crippen molar-refractivity contribution in [1.82, 2.24) is 5.32 Å². The first-order valence-corrected chi connectivity index (χ1v) is 8.37. The van der Waals surface area contributed by atoms with Gasteiger partial charge in [0.2, 0.25) is 0 Å². The number of fused-ring (bicyclic) bond motifs is 1. The molecule has 2 rings (SSSR count). The van der Waals surface area contributed by atoms with Gasteiger partial charge < -0.3 is 10.1 Å². The fourth-order valence-electron chi connectivity index (χ4n) is 2.62. The summed E-state index contributed by atoms with van der Waals surface area (Å²) in [5.74, 6) is 1.79. The number of halogens is 1. The van der Waals surface area contributed by atoms with E-state index in [1.807, 2.05) is 0 Å². The van der Waals surface area contributed by atoms with E-state index in [0.29, 0.717) is 5.92 Å². The molecule has 0 aromatic heterocycles. The largest absolute Gasteiger partial charge is 0.493 e. The van der Waals surface area contributed by atoms with E-state index in [-0.39, 0.29) is 5.54 Å². The van der Waals surface area contributed by atoms with E-state index in [2.05, 4.69) is 61.1 Å². The Morgan fingerprint density at radius 1 is 1.35 bits per heavy atom. The van der Waals surface area contributed by atoms with Crippen molar-refractivity contribution in [3.05, 3.63) is 27.7 Å². The third-order valence-electron chi connectivity index (χ3n) is 3.83. The van der Waals surface area contributed by atoms with Crippen molar-refractivity contribution in [3.8, 4) is 5.75 Å². The zero-order valence-corrected chi connectivity index (χ0v) is 14.6. The zero-order valence-electron chi connectivity index (χ0n) is 13.1. The van der Waals surface area contributed by atoms with Gasteiger partial charge in [0.1, 0.15) is 5.75 Å². The number of rotatable bonds is 5. The van der Waals surface area contributed by atoms with Crippen molar-refractivity contribution in [2.45, 2.75) is 52.5 Å². The molecule has 1 aliphatic rings. The van der Waals surface area contributed by atoms with Gasteiger partial charge in [0.15, 0.2) is 0 Å². The average Bonchev–Trinajstić information content (AvgIpc) is 2.81. The fraction of sp³-hybridized carbons (Fsp3) is 0.647. The molecule has 0 radical (unpaired) electrons. The topological polar surface area (TPSA) is 21.3 Å². The lowest BCUT2D eigenvalue weighted by molar-refractivity contribution is 0.341. The molecule has 112 valence electrons. The van der Waals surface area contributed by atoms with Gasteiger partial charge in [-0.15, -0.1) is 0 Å². The number of nitrogens with one attached hydrogen (secondary N) is 1. The van der Waals surface area contributed by atoms with Gasteiger partial charge in [0, 0.05) is 16.4 Å². The predicted octanol–water partition coefficient (Wildman–Crippen LogP) is 4.34. The highest BCUT2D eigenvalue weighted by molar-refractivity contribution is 9.10. The number of ether oxygens (including phenoxy) is 1. The van der Waals surface area contributed by atoms with Crippen LogP contribution in [-0.2, 0) is 12.8 Å². The zero-order chi connectivity index (χ0) is 14.8. The molecule has 0 saturated carbocycles. The maximum atomic E-state index is 5.83. The highest BCUT2D eigenvalue weighted by Crippen LogP contribution is 2.34. The summed E-state index contributed by atoms with van der Waals surface area (Å²) in [6.07, 6.45) is 3.31. The summed E-state index contributed by atoms with van der Waals surface area (Å²) >= 11 is 3.63. The van der Waals surface area contributed by atoms with Crippen molar-refractivity contribution in [1.29, 1.82) is 0 Å².